The number of furan rings is 1. The molecule has 0 aliphatic rings. The Morgan fingerprint density at radius 1 is 1.21 bits per heavy atom. The SMILES string of the molecule is CC(=O)c1c(C)[nH]c(C(=O)Nc2n[nH]c(-c3ccc(C)o3)n2)c1C. The second kappa shape index (κ2) is 5.80. The van der Waals surface area contributed by atoms with Crippen LogP contribution >= 0.6 is 0 Å². The lowest BCUT2D eigenvalue weighted by atomic mass is 10.1. The quantitative estimate of drug-likeness (QED) is 0.637. The van der Waals surface area contributed by atoms with E-state index in [2.05, 4.69) is 25.5 Å². The molecule has 8 heteroatoms. The molecule has 1 amide bonds. The fraction of sp³-hybridized carbons (Fsp3) is 0.250. The predicted octanol–water partition coefficient (Wildman–Crippen LogP) is 2.77. The second-order valence-corrected chi connectivity index (χ2v) is 5.55. The average Bonchev–Trinajstić information content (AvgIpc) is 3.18. The van der Waals surface area contributed by atoms with Crippen molar-refractivity contribution in [2.24, 2.45) is 0 Å². The summed E-state index contributed by atoms with van der Waals surface area (Å²) >= 11 is 0. The fourth-order valence-electron chi connectivity index (χ4n) is 2.66. The predicted molar refractivity (Wildman–Crippen MR) is 87.0 cm³/mol. The maximum Gasteiger partial charge on any atom is 0.274 e. The standard InChI is InChI=1S/C16H17N5O3/c1-7-5-6-11(24-7)14-18-16(21-20-14)19-15(23)13-8(2)12(10(4)22)9(3)17-13/h5-6,17H,1-4H3,(H2,18,19,20,21,23). The minimum Gasteiger partial charge on any atom is -0.458 e. The molecule has 0 unspecified atom stereocenters. The molecule has 0 saturated carbocycles. The van der Waals surface area contributed by atoms with Crippen LogP contribution < -0.4 is 5.32 Å². The van der Waals surface area contributed by atoms with E-state index in [1.54, 1.807) is 19.9 Å². The van der Waals surface area contributed by atoms with Crippen LogP contribution in [0.1, 0.15) is 44.8 Å². The first-order chi connectivity index (χ1) is 11.4. The zero-order valence-corrected chi connectivity index (χ0v) is 13.8. The van der Waals surface area contributed by atoms with Crippen LogP contribution in [-0.2, 0) is 0 Å². The monoisotopic (exact) mass is 327 g/mol. The number of ketones is 1. The van der Waals surface area contributed by atoms with Crippen LogP contribution in [0.15, 0.2) is 16.5 Å². The highest BCUT2D eigenvalue weighted by Crippen LogP contribution is 2.21. The van der Waals surface area contributed by atoms with Crippen molar-refractivity contribution in [2.75, 3.05) is 5.32 Å². The number of aryl methyl sites for hydroxylation is 2. The topological polar surface area (TPSA) is 117 Å². The zero-order valence-electron chi connectivity index (χ0n) is 13.8. The summed E-state index contributed by atoms with van der Waals surface area (Å²) in [7, 11) is 0. The number of rotatable bonds is 4. The van der Waals surface area contributed by atoms with Gasteiger partial charge in [-0.3, -0.25) is 20.0 Å². The second-order valence-electron chi connectivity index (χ2n) is 5.55. The van der Waals surface area contributed by atoms with Crippen molar-refractivity contribution < 1.29 is 14.0 Å². The molecule has 8 nitrogen and oxygen atoms in total. The molecule has 0 aliphatic carbocycles. The van der Waals surface area contributed by atoms with Crippen molar-refractivity contribution in [1.29, 1.82) is 0 Å². The lowest BCUT2D eigenvalue weighted by Gasteiger charge is -2.00. The molecule has 3 aromatic heterocycles. The molecule has 3 aromatic rings. The Kier molecular flexibility index (Phi) is 3.80. The van der Waals surface area contributed by atoms with E-state index >= 15 is 0 Å². The minimum absolute atomic E-state index is 0.0892. The van der Waals surface area contributed by atoms with Gasteiger partial charge >= 0.3 is 0 Å². The van der Waals surface area contributed by atoms with Gasteiger partial charge < -0.3 is 9.40 Å². The summed E-state index contributed by atoms with van der Waals surface area (Å²) in [6.07, 6.45) is 0. The van der Waals surface area contributed by atoms with E-state index in [0.717, 1.165) is 5.76 Å². The number of amides is 1. The Labute approximate surface area is 137 Å². The summed E-state index contributed by atoms with van der Waals surface area (Å²) in [4.78, 5) is 31.2. The molecule has 3 N–H and O–H groups in total. The molecule has 0 spiro atoms. The van der Waals surface area contributed by atoms with Gasteiger partial charge in [-0.1, -0.05) is 0 Å². The van der Waals surface area contributed by atoms with Crippen molar-refractivity contribution >= 4 is 17.6 Å². The van der Waals surface area contributed by atoms with Crippen LogP contribution in [-0.4, -0.2) is 31.9 Å². The lowest BCUT2D eigenvalue weighted by Crippen LogP contribution is -2.15. The van der Waals surface area contributed by atoms with Gasteiger partial charge in [0.2, 0.25) is 5.95 Å². The number of hydrogen-bond acceptors (Lipinski definition) is 5. The Morgan fingerprint density at radius 2 is 1.96 bits per heavy atom. The number of Topliss-reactive ketones (excluding diaryl/α,β-unsaturated/α-hetero) is 1. The number of carbonyl (C=O) groups is 2. The van der Waals surface area contributed by atoms with Gasteiger partial charge in [-0.25, -0.2) is 0 Å². The van der Waals surface area contributed by atoms with Crippen LogP contribution in [0.2, 0.25) is 0 Å². The van der Waals surface area contributed by atoms with Crippen LogP contribution in [0.3, 0.4) is 0 Å². The molecule has 0 aromatic carbocycles. The summed E-state index contributed by atoms with van der Waals surface area (Å²) in [6.45, 7) is 6.78. The van der Waals surface area contributed by atoms with Crippen LogP contribution in [0, 0.1) is 20.8 Å². The van der Waals surface area contributed by atoms with Gasteiger partial charge in [0.05, 0.1) is 0 Å². The number of carbonyl (C=O) groups excluding carboxylic acids is 2. The molecular weight excluding hydrogens is 310 g/mol. The summed E-state index contributed by atoms with van der Waals surface area (Å²) in [5.74, 6) is 1.33. The van der Waals surface area contributed by atoms with Crippen LogP contribution in [0.25, 0.3) is 11.6 Å². The number of nitrogens with one attached hydrogen (secondary N) is 3. The van der Waals surface area contributed by atoms with Gasteiger partial charge in [0.25, 0.3) is 5.91 Å². The molecule has 0 saturated heterocycles. The van der Waals surface area contributed by atoms with Gasteiger partial charge in [0.15, 0.2) is 17.4 Å². The first kappa shape index (κ1) is 15.7. The molecule has 0 bridgehead atoms. The fourth-order valence-corrected chi connectivity index (χ4v) is 2.66. The first-order valence-electron chi connectivity index (χ1n) is 7.37. The Hall–Kier alpha value is -3.16. The third kappa shape index (κ3) is 2.73. The van der Waals surface area contributed by atoms with E-state index < -0.39 is 5.91 Å². The molecule has 0 fully saturated rings. The number of nitrogens with zero attached hydrogens (tertiary/aromatic N) is 2. The molecule has 0 radical (unpaired) electrons. The number of H-pyrrole nitrogens is 2. The highest BCUT2D eigenvalue weighted by Gasteiger charge is 2.21. The smallest absolute Gasteiger partial charge is 0.274 e. The van der Waals surface area contributed by atoms with Gasteiger partial charge in [-0.15, -0.1) is 5.10 Å². The van der Waals surface area contributed by atoms with E-state index in [1.807, 2.05) is 13.0 Å². The maximum atomic E-state index is 12.4. The van der Waals surface area contributed by atoms with Crippen LogP contribution in [0.4, 0.5) is 5.95 Å². The van der Waals surface area contributed by atoms with E-state index in [4.69, 9.17) is 4.42 Å². The summed E-state index contributed by atoms with van der Waals surface area (Å²) in [6, 6.07) is 3.57. The number of anilines is 1. The molecule has 24 heavy (non-hydrogen) atoms. The maximum absolute atomic E-state index is 12.4. The van der Waals surface area contributed by atoms with Crippen molar-refractivity contribution in [3.63, 3.8) is 0 Å². The summed E-state index contributed by atoms with van der Waals surface area (Å²) in [5.41, 5.74) is 2.11. The van der Waals surface area contributed by atoms with E-state index in [1.165, 1.54) is 6.92 Å². The van der Waals surface area contributed by atoms with Gasteiger partial charge in [-0.05, 0) is 45.4 Å². The van der Waals surface area contributed by atoms with E-state index in [-0.39, 0.29) is 11.7 Å². The van der Waals surface area contributed by atoms with Crippen LogP contribution in [0.5, 0.6) is 0 Å². The van der Waals surface area contributed by atoms with Crippen molar-refractivity contribution in [3.05, 3.63) is 40.4 Å². The number of hydrogen-bond donors (Lipinski definition) is 3. The Morgan fingerprint density at radius 3 is 2.54 bits per heavy atom. The molecule has 0 atom stereocenters. The third-order valence-corrected chi connectivity index (χ3v) is 3.70. The van der Waals surface area contributed by atoms with Gasteiger partial charge in [0.1, 0.15) is 11.5 Å². The normalized spacial score (nSPS) is 10.8. The molecule has 0 aliphatic heterocycles. The summed E-state index contributed by atoms with van der Waals surface area (Å²) < 4.78 is 5.45. The Bertz CT molecular complexity index is 932. The molecule has 3 rings (SSSR count). The Balaban J connectivity index is 1.82. The highest BCUT2D eigenvalue weighted by atomic mass is 16.3. The molecular formula is C16H17N5O3. The molecule has 124 valence electrons. The van der Waals surface area contributed by atoms with E-state index in [9.17, 15) is 9.59 Å². The molecule has 3 heterocycles. The van der Waals surface area contributed by atoms with Crippen molar-refractivity contribution in [1.82, 2.24) is 20.2 Å². The number of aromatic nitrogens is 4. The zero-order chi connectivity index (χ0) is 17.4. The van der Waals surface area contributed by atoms with Gasteiger partial charge in [-0.2, -0.15) is 4.98 Å². The largest absolute Gasteiger partial charge is 0.458 e. The lowest BCUT2D eigenvalue weighted by molar-refractivity contribution is 0.101. The van der Waals surface area contributed by atoms with Gasteiger partial charge in [0, 0.05) is 11.3 Å². The number of aromatic amines is 2. The first-order valence-corrected chi connectivity index (χ1v) is 7.37. The van der Waals surface area contributed by atoms with Crippen molar-refractivity contribution in [2.45, 2.75) is 27.7 Å². The summed E-state index contributed by atoms with van der Waals surface area (Å²) in [5, 5.41) is 9.26. The highest BCUT2D eigenvalue weighted by molar-refractivity contribution is 6.07. The third-order valence-electron chi connectivity index (χ3n) is 3.70. The van der Waals surface area contributed by atoms with Crippen molar-refractivity contribution in [3.8, 4) is 11.6 Å². The average molecular weight is 327 g/mol. The minimum atomic E-state index is -0.413. The van der Waals surface area contributed by atoms with E-state index in [0.29, 0.717) is 34.1 Å².